The van der Waals surface area contributed by atoms with Gasteiger partial charge < -0.3 is 9.84 Å². The van der Waals surface area contributed by atoms with E-state index >= 15 is 0 Å². The summed E-state index contributed by atoms with van der Waals surface area (Å²) >= 11 is 4.90. The molecule has 0 saturated heterocycles. The van der Waals surface area contributed by atoms with Crippen molar-refractivity contribution in [1.82, 2.24) is 5.16 Å². The van der Waals surface area contributed by atoms with E-state index in [-0.39, 0.29) is 5.91 Å². The molecular weight excluding hydrogens is 316 g/mol. The van der Waals surface area contributed by atoms with Gasteiger partial charge in [-0.15, -0.1) is 11.8 Å². The van der Waals surface area contributed by atoms with Gasteiger partial charge in [0.1, 0.15) is 5.76 Å². The summed E-state index contributed by atoms with van der Waals surface area (Å²) in [6.45, 7) is 1.78. The van der Waals surface area contributed by atoms with E-state index in [2.05, 4.69) is 26.4 Å². The molecule has 1 aromatic heterocycles. The molecule has 0 aliphatic heterocycles. The predicted octanol–water partition coefficient (Wildman–Crippen LogP) is 3.48. The zero-order valence-electron chi connectivity index (χ0n) is 9.64. The normalized spacial score (nSPS) is 10.3. The number of nitrogens with one attached hydrogen (secondary N) is 1. The minimum absolute atomic E-state index is 0.107. The summed E-state index contributed by atoms with van der Waals surface area (Å²) in [4.78, 5) is 12.7. The molecule has 18 heavy (non-hydrogen) atoms. The highest BCUT2D eigenvalue weighted by atomic mass is 79.9. The fourth-order valence-corrected chi connectivity index (χ4v) is 2.68. The van der Waals surface area contributed by atoms with Crippen LogP contribution in [0.4, 0.5) is 5.82 Å². The first-order valence-corrected chi connectivity index (χ1v) is 7.03. The van der Waals surface area contributed by atoms with Crippen LogP contribution < -0.4 is 5.32 Å². The largest absolute Gasteiger partial charge is 0.360 e. The van der Waals surface area contributed by atoms with Crippen LogP contribution in [0.5, 0.6) is 0 Å². The average Bonchev–Trinajstić information content (AvgIpc) is 2.74. The van der Waals surface area contributed by atoms with E-state index < -0.39 is 0 Å². The number of nitrogens with zero attached hydrogens (tertiary/aromatic N) is 1. The molecule has 2 rings (SSSR count). The lowest BCUT2D eigenvalue weighted by Gasteiger charge is -2.03. The number of aromatic nitrogens is 1. The zero-order chi connectivity index (χ0) is 13.0. The van der Waals surface area contributed by atoms with Crippen LogP contribution >= 0.6 is 27.7 Å². The number of aryl methyl sites for hydroxylation is 1. The molecule has 0 aliphatic carbocycles. The second kappa shape index (κ2) is 6.06. The first-order valence-electron chi connectivity index (χ1n) is 5.25. The maximum Gasteiger partial charge on any atom is 0.235 e. The van der Waals surface area contributed by atoms with Crippen molar-refractivity contribution < 1.29 is 9.32 Å². The molecule has 1 amide bonds. The molecule has 0 unspecified atom stereocenters. The lowest BCUT2D eigenvalue weighted by molar-refractivity contribution is -0.113. The fraction of sp³-hybridized carbons (Fsp3) is 0.167. The number of amides is 1. The third-order valence-corrected chi connectivity index (χ3v) is 4.12. The van der Waals surface area contributed by atoms with Crippen molar-refractivity contribution >= 4 is 39.4 Å². The minimum atomic E-state index is -0.107. The Morgan fingerprint density at radius 3 is 2.94 bits per heavy atom. The van der Waals surface area contributed by atoms with E-state index in [0.717, 1.165) is 9.37 Å². The van der Waals surface area contributed by atoms with Crippen molar-refractivity contribution in [2.45, 2.75) is 11.8 Å². The van der Waals surface area contributed by atoms with Crippen LogP contribution in [0.1, 0.15) is 5.76 Å². The number of hydrogen-bond acceptors (Lipinski definition) is 4. The van der Waals surface area contributed by atoms with Crippen molar-refractivity contribution in [2.24, 2.45) is 0 Å². The first kappa shape index (κ1) is 13.2. The molecule has 0 spiro atoms. The van der Waals surface area contributed by atoms with Gasteiger partial charge in [0, 0.05) is 15.4 Å². The number of carbonyl (C=O) groups excluding carboxylic acids is 1. The maximum atomic E-state index is 11.7. The smallest absolute Gasteiger partial charge is 0.235 e. The third kappa shape index (κ3) is 3.61. The Balaban J connectivity index is 1.87. The molecule has 0 aliphatic rings. The number of rotatable bonds is 4. The van der Waals surface area contributed by atoms with Crippen LogP contribution in [0.15, 0.2) is 44.2 Å². The second-order valence-corrected chi connectivity index (χ2v) is 5.46. The summed E-state index contributed by atoms with van der Waals surface area (Å²) in [5.41, 5.74) is 0. The summed E-state index contributed by atoms with van der Waals surface area (Å²) in [6, 6.07) is 9.46. The van der Waals surface area contributed by atoms with Crippen LogP contribution in [-0.2, 0) is 4.79 Å². The van der Waals surface area contributed by atoms with Gasteiger partial charge in [0.25, 0.3) is 0 Å². The van der Waals surface area contributed by atoms with E-state index in [1.165, 1.54) is 11.8 Å². The van der Waals surface area contributed by atoms with Gasteiger partial charge in [-0.25, -0.2) is 0 Å². The van der Waals surface area contributed by atoms with Gasteiger partial charge in [-0.2, -0.15) is 0 Å². The van der Waals surface area contributed by atoms with E-state index in [1.54, 1.807) is 13.0 Å². The summed E-state index contributed by atoms with van der Waals surface area (Å²) in [5, 5.41) is 6.38. The Kier molecular flexibility index (Phi) is 4.43. The number of halogens is 1. The summed E-state index contributed by atoms with van der Waals surface area (Å²) < 4.78 is 5.85. The maximum absolute atomic E-state index is 11.7. The van der Waals surface area contributed by atoms with Gasteiger partial charge in [0.2, 0.25) is 5.91 Å². The number of benzene rings is 1. The minimum Gasteiger partial charge on any atom is -0.360 e. The zero-order valence-corrected chi connectivity index (χ0v) is 12.0. The number of anilines is 1. The van der Waals surface area contributed by atoms with Gasteiger partial charge in [0.05, 0.1) is 5.75 Å². The van der Waals surface area contributed by atoms with Gasteiger partial charge >= 0.3 is 0 Å². The van der Waals surface area contributed by atoms with Gasteiger partial charge in [-0.1, -0.05) is 17.3 Å². The van der Waals surface area contributed by atoms with Crippen LogP contribution in [0, 0.1) is 6.92 Å². The van der Waals surface area contributed by atoms with Crippen molar-refractivity contribution in [1.29, 1.82) is 0 Å². The Bertz CT molecular complexity index is 557. The van der Waals surface area contributed by atoms with Crippen molar-refractivity contribution in [3.63, 3.8) is 0 Å². The summed E-state index contributed by atoms with van der Waals surface area (Å²) in [5.74, 6) is 1.34. The van der Waals surface area contributed by atoms with Gasteiger partial charge in [-0.3, -0.25) is 4.79 Å². The van der Waals surface area contributed by atoms with Crippen LogP contribution in [0.25, 0.3) is 0 Å². The molecule has 4 nitrogen and oxygen atoms in total. The first-order chi connectivity index (χ1) is 8.65. The predicted molar refractivity (Wildman–Crippen MR) is 74.7 cm³/mol. The highest BCUT2D eigenvalue weighted by Gasteiger charge is 2.07. The number of carbonyl (C=O) groups is 1. The van der Waals surface area contributed by atoms with E-state index in [1.807, 2.05) is 24.3 Å². The molecule has 0 radical (unpaired) electrons. The molecule has 0 atom stereocenters. The molecular formula is C12H11BrN2O2S. The Labute approximate surface area is 117 Å². The van der Waals surface area contributed by atoms with Crippen molar-refractivity contribution in [3.8, 4) is 0 Å². The lowest BCUT2D eigenvalue weighted by Crippen LogP contribution is -2.14. The highest BCUT2D eigenvalue weighted by molar-refractivity contribution is 9.10. The second-order valence-electron chi connectivity index (χ2n) is 3.59. The molecule has 6 heteroatoms. The molecule has 0 saturated carbocycles. The SMILES string of the molecule is Cc1cc(NC(=O)CSc2ccccc2Br)no1. The molecule has 1 aromatic carbocycles. The molecule has 2 aromatic rings. The van der Waals surface area contributed by atoms with Crippen molar-refractivity contribution in [3.05, 3.63) is 40.6 Å². The van der Waals surface area contributed by atoms with Crippen LogP contribution in [0.2, 0.25) is 0 Å². The summed E-state index contributed by atoms with van der Waals surface area (Å²) in [6.07, 6.45) is 0. The highest BCUT2D eigenvalue weighted by Crippen LogP contribution is 2.26. The van der Waals surface area contributed by atoms with Crippen LogP contribution in [0.3, 0.4) is 0 Å². The Hall–Kier alpha value is -1.27. The topological polar surface area (TPSA) is 55.1 Å². The van der Waals surface area contributed by atoms with E-state index in [4.69, 9.17) is 4.52 Å². The van der Waals surface area contributed by atoms with E-state index in [9.17, 15) is 4.79 Å². The average molecular weight is 327 g/mol. The van der Waals surface area contributed by atoms with Crippen LogP contribution in [-0.4, -0.2) is 16.8 Å². The monoisotopic (exact) mass is 326 g/mol. The molecule has 1 N–H and O–H groups in total. The molecule has 0 fully saturated rings. The standard InChI is InChI=1S/C12H11BrN2O2S/c1-8-6-11(15-17-8)14-12(16)7-18-10-5-3-2-4-9(10)13/h2-6H,7H2,1H3,(H,14,15,16). The third-order valence-electron chi connectivity index (χ3n) is 2.09. The Morgan fingerprint density at radius 2 is 2.28 bits per heavy atom. The summed E-state index contributed by atoms with van der Waals surface area (Å²) in [7, 11) is 0. The molecule has 1 heterocycles. The molecule has 0 bridgehead atoms. The lowest BCUT2D eigenvalue weighted by atomic mass is 10.4. The van der Waals surface area contributed by atoms with E-state index in [0.29, 0.717) is 17.3 Å². The molecule has 94 valence electrons. The number of hydrogen-bond donors (Lipinski definition) is 1. The Morgan fingerprint density at radius 1 is 1.50 bits per heavy atom. The fourth-order valence-electron chi connectivity index (χ4n) is 1.31. The van der Waals surface area contributed by atoms with Crippen molar-refractivity contribution in [2.75, 3.05) is 11.1 Å². The number of thioether (sulfide) groups is 1. The van der Waals surface area contributed by atoms with Gasteiger partial charge in [0.15, 0.2) is 5.82 Å². The quantitative estimate of drug-likeness (QED) is 0.874. The van der Waals surface area contributed by atoms with Gasteiger partial charge in [-0.05, 0) is 35.0 Å².